The van der Waals surface area contributed by atoms with Crippen LogP contribution in [0.4, 0.5) is 4.39 Å². The van der Waals surface area contributed by atoms with Gasteiger partial charge in [0, 0.05) is 24.1 Å². The zero-order valence-corrected chi connectivity index (χ0v) is 16.2. The number of alkyl halides is 1. The van der Waals surface area contributed by atoms with Crippen molar-refractivity contribution in [1.82, 2.24) is 14.5 Å². The van der Waals surface area contributed by atoms with Crippen molar-refractivity contribution >= 4 is 28.5 Å². The molecule has 1 saturated carbocycles. The van der Waals surface area contributed by atoms with E-state index in [1.807, 2.05) is 43.4 Å². The Kier molecular flexibility index (Phi) is 3.16. The molecule has 0 unspecified atom stereocenters. The summed E-state index contributed by atoms with van der Waals surface area (Å²) in [6.07, 6.45) is 2.64. The number of aromatic nitrogens is 2. The van der Waals surface area contributed by atoms with Gasteiger partial charge in [-0.2, -0.15) is 0 Å². The van der Waals surface area contributed by atoms with Crippen LogP contribution < -0.4 is 0 Å². The lowest BCUT2D eigenvalue weighted by Crippen LogP contribution is -2.33. The van der Waals surface area contributed by atoms with Crippen LogP contribution in [0.5, 0.6) is 0 Å². The average molecular weight is 396 g/mol. The van der Waals surface area contributed by atoms with E-state index < -0.39 is 5.67 Å². The molecule has 6 heteroatoms. The molecule has 1 fully saturated rings. The molecule has 3 aliphatic rings. The molecule has 3 aromatic rings. The van der Waals surface area contributed by atoms with Crippen LogP contribution in [0.2, 0.25) is 5.02 Å². The van der Waals surface area contributed by atoms with E-state index in [0.29, 0.717) is 35.4 Å². The normalized spacial score (nSPS) is 24.7. The maximum Gasteiger partial charge on any atom is 0.254 e. The smallest absolute Gasteiger partial charge is 0.254 e. The third kappa shape index (κ3) is 1.95. The fourth-order valence-corrected chi connectivity index (χ4v) is 5.40. The third-order valence-corrected chi connectivity index (χ3v) is 7.06. The summed E-state index contributed by atoms with van der Waals surface area (Å²) in [7, 11) is 1.82. The minimum absolute atomic E-state index is 0.0522. The summed E-state index contributed by atoms with van der Waals surface area (Å²) in [5, 5.41) is 0.647. The molecule has 1 aromatic heterocycles. The van der Waals surface area contributed by atoms with Gasteiger partial charge in [0.25, 0.3) is 5.91 Å². The summed E-state index contributed by atoms with van der Waals surface area (Å²) >= 11 is 6.27. The van der Waals surface area contributed by atoms with Gasteiger partial charge < -0.3 is 9.47 Å². The Hall–Kier alpha value is -2.40. The second-order valence-corrected chi connectivity index (χ2v) is 8.68. The average Bonchev–Trinajstić information content (AvgIpc) is 3.18. The number of benzene rings is 2. The van der Waals surface area contributed by atoms with Crippen LogP contribution in [-0.2, 0) is 5.67 Å². The van der Waals surface area contributed by atoms with Gasteiger partial charge >= 0.3 is 0 Å². The number of rotatable bonds is 1. The highest BCUT2D eigenvalue weighted by molar-refractivity contribution is 6.31. The van der Waals surface area contributed by atoms with E-state index in [2.05, 4.69) is 4.57 Å². The topological polar surface area (TPSA) is 38.1 Å². The van der Waals surface area contributed by atoms with Crippen molar-refractivity contribution in [3.63, 3.8) is 0 Å². The quantitative estimate of drug-likeness (QED) is 0.571. The van der Waals surface area contributed by atoms with E-state index in [1.165, 1.54) is 0 Å². The van der Waals surface area contributed by atoms with Crippen LogP contribution in [0.3, 0.4) is 0 Å². The molecule has 1 amide bonds. The number of carbonyl (C=O) groups is 1. The summed E-state index contributed by atoms with van der Waals surface area (Å²) in [6.45, 7) is 0. The first-order valence-corrected chi connectivity index (χ1v) is 10.1. The second kappa shape index (κ2) is 5.35. The van der Waals surface area contributed by atoms with Crippen LogP contribution in [-0.4, -0.2) is 27.4 Å². The molecule has 2 bridgehead atoms. The van der Waals surface area contributed by atoms with E-state index in [-0.39, 0.29) is 18.0 Å². The second-order valence-electron chi connectivity index (χ2n) is 8.24. The van der Waals surface area contributed by atoms with E-state index >= 15 is 4.39 Å². The molecule has 2 aromatic carbocycles. The molecule has 0 radical (unpaired) electrons. The summed E-state index contributed by atoms with van der Waals surface area (Å²) in [6, 6.07) is 11.0. The molecule has 6 rings (SSSR count). The Balaban J connectivity index is 1.69. The minimum atomic E-state index is -1.33. The van der Waals surface area contributed by atoms with Gasteiger partial charge in [-0.3, -0.25) is 4.79 Å². The molecule has 2 atom stereocenters. The van der Waals surface area contributed by atoms with Gasteiger partial charge in [-0.1, -0.05) is 23.7 Å². The lowest BCUT2D eigenvalue weighted by Gasteiger charge is -2.37. The van der Waals surface area contributed by atoms with Crippen molar-refractivity contribution in [3.8, 4) is 0 Å². The van der Waals surface area contributed by atoms with E-state index in [1.54, 1.807) is 4.90 Å². The number of fused-ring (bicyclic) bond motifs is 9. The predicted molar refractivity (Wildman–Crippen MR) is 105 cm³/mol. The van der Waals surface area contributed by atoms with Crippen molar-refractivity contribution in [1.29, 1.82) is 0 Å². The first-order valence-electron chi connectivity index (χ1n) is 9.75. The fourth-order valence-electron chi connectivity index (χ4n) is 5.24. The van der Waals surface area contributed by atoms with Crippen molar-refractivity contribution < 1.29 is 9.18 Å². The Bertz CT molecular complexity index is 1170. The van der Waals surface area contributed by atoms with Crippen molar-refractivity contribution in [2.75, 3.05) is 7.05 Å². The maximum atomic E-state index is 15.6. The monoisotopic (exact) mass is 395 g/mol. The standard InChI is InChI=1S/C22H19ClFN3O/c1-26-18-11-17(27-16-10-12(23)6-7-15(16)25-20(18)27)19-13(21(26)28)4-2-5-14(19)22(24)8-3-9-22/h2,4-7,10,17-18H,3,8-9,11H2,1H3/t17-,18-/m1/s1. The Labute approximate surface area is 166 Å². The predicted octanol–water partition coefficient (Wildman–Crippen LogP) is 5.16. The number of amides is 1. The number of imidazole rings is 1. The van der Waals surface area contributed by atoms with Gasteiger partial charge in [0.2, 0.25) is 0 Å². The zero-order chi connectivity index (χ0) is 19.2. The molecule has 4 nitrogen and oxygen atoms in total. The van der Waals surface area contributed by atoms with Crippen LogP contribution in [0.25, 0.3) is 11.0 Å². The zero-order valence-electron chi connectivity index (χ0n) is 15.5. The van der Waals surface area contributed by atoms with Crippen molar-refractivity contribution in [2.45, 2.75) is 43.4 Å². The van der Waals surface area contributed by atoms with E-state index in [0.717, 1.165) is 28.8 Å². The van der Waals surface area contributed by atoms with Crippen LogP contribution in [0, 0.1) is 0 Å². The number of hydrogen-bond donors (Lipinski definition) is 0. The fraction of sp³-hybridized carbons (Fsp3) is 0.364. The number of nitrogens with zero attached hydrogens (tertiary/aromatic N) is 3. The number of carbonyl (C=O) groups excluding carboxylic acids is 1. The van der Waals surface area contributed by atoms with E-state index in [9.17, 15) is 4.79 Å². The van der Waals surface area contributed by atoms with Crippen LogP contribution in [0.1, 0.15) is 65.1 Å². The molecule has 28 heavy (non-hydrogen) atoms. The SMILES string of the molecule is CN1C(=O)c2cccc(C3(F)CCC3)c2[C@H]2C[C@@H]1c1nc3ccc(Cl)cc3n12. The number of hydrogen-bond acceptors (Lipinski definition) is 2. The molecule has 3 heterocycles. The first-order chi connectivity index (χ1) is 13.5. The van der Waals surface area contributed by atoms with Crippen molar-refractivity contribution in [2.24, 2.45) is 0 Å². The summed E-state index contributed by atoms with van der Waals surface area (Å²) in [5.74, 6) is 0.809. The summed E-state index contributed by atoms with van der Waals surface area (Å²) in [5.41, 5.74) is 2.60. The number of halogens is 2. The van der Waals surface area contributed by atoms with Gasteiger partial charge in [0.15, 0.2) is 0 Å². The molecule has 142 valence electrons. The van der Waals surface area contributed by atoms with Crippen molar-refractivity contribution in [3.05, 3.63) is 63.9 Å². The lowest BCUT2D eigenvalue weighted by atomic mass is 9.73. The maximum absolute atomic E-state index is 15.6. The molecule has 0 spiro atoms. The largest absolute Gasteiger partial charge is 0.331 e. The van der Waals surface area contributed by atoms with Gasteiger partial charge in [-0.25, -0.2) is 9.37 Å². The molecule has 1 aliphatic carbocycles. The highest BCUT2D eigenvalue weighted by Crippen LogP contribution is 2.53. The Morgan fingerprint density at radius 3 is 2.79 bits per heavy atom. The molecule has 2 aliphatic heterocycles. The summed E-state index contributed by atoms with van der Waals surface area (Å²) in [4.78, 5) is 19.8. The van der Waals surface area contributed by atoms with Gasteiger partial charge in [0.1, 0.15) is 11.5 Å². The van der Waals surface area contributed by atoms with Crippen LogP contribution >= 0.6 is 11.6 Å². The molecule has 0 saturated heterocycles. The minimum Gasteiger partial charge on any atom is -0.331 e. The Morgan fingerprint density at radius 1 is 1.21 bits per heavy atom. The van der Waals surface area contributed by atoms with Gasteiger partial charge in [-0.05, 0) is 54.7 Å². The third-order valence-electron chi connectivity index (χ3n) is 6.82. The highest BCUT2D eigenvalue weighted by atomic mass is 35.5. The molecule has 0 N–H and O–H groups in total. The van der Waals surface area contributed by atoms with Gasteiger partial charge in [-0.15, -0.1) is 0 Å². The lowest BCUT2D eigenvalue weighted by molar-refractivity contribution is 0.0592. The van der Waals surface area contributed by atoms with Crippen LogP contribution in [0.15, 0.2) is 36.4 Å². The summed E-state index contributed by atoms with van der Waals surface area (Å²) < 4.78 is 17.8. The van der Waals surface area contributed by atoms with Gasteiger partial charge in [0.05, 0.1) is 23.1 Å². The Morgan fingerprint density at radius 2 is 2.04 bits per heavy atom. The molecular weight excluding hydrogens is 377 g/mol. The molecular formula is C22H19ClFN3O. The highest BCUT2D eigenvalue weighted by Gasteiger charge is 2.48. The first kappa shape index (κ1) is 16.5. The van der Waals surface area contributed by atoms with E-state index in [4.69, 9.17) is 16.6 Å².